The number of carbonyl (C=O) groups excluding carboxylic acids is 1. The van der Waals surface area contributed by atoms with Gasteiger partial charge in [0.15, 0.2) is 5.95 Å². The van der Waals surface area contributed by atoms with Crippen LogP contribution in [0.4, 0.5) is 4.39 Å². The highest BCUT2D eigenvalue weighted by atomic mass is 19.1. The van der Waals surface area contributed by atoms with Gasteiger partial charge >= 0.3 is 0 Å². The second-order valence-electron chi connectivity index (χ2n) is 9.46. The lowest BCUT2D eigenvalue weighted by Gasteiger charge is -2.23. The normalized spacial score (nSPS) is 22.5. The summed E-state index contributed by atoms with van der Waals surface area (Å²) in [6.07, 6.45) is 7.01. The van der Waals surface area contributed by atoms with E-state index in [4.69, 9.17) is 0 Å². The van der Waals surface area contributed by atoms with Crippen LogP contribution in [-0.4, -0.2) is 40.5 Å². The molecule has 0 spiro atoms. The average molecular weight is 450 g/mol. The van der Waals surface area contributed by atoms with Crippen LogP contribution in [0.5, 0.6) is 0 Å². The molecule has 3 unspecified atom stereocenters. The molecule has 7 heteroatoms. The minimum atomic E-state index is -0.299. The van der Waals surface area contributed by atoms with Crippen LogP contribution in [0.15, 0.2) is 48.7 Å². The highest BCUT2D eigenvalue weighted by Crippen LogP contribution is 2.35. The first kappa shape index (κ1) is 22.0. The van der Waals surface area contributed by atoms with Gasteiger partial charge in [0, 0.05) is 29.9 Å². The predicted molar refractivity (Wildman–Crippen MR) is 127 cm³/mol. The fourth-order valence-corrected chi connectivity index (χ4v) is 5.22. The zero-order valence-corrected chi connectivity index (χ0v) is 19.1. The Hall–Kier alpha value is -2.77. The molecular weight excluding hydrogens is 417 g/mol. The molecule has 174 valence electrons. The van der Waals surface area contributed by atoms with Gasteiger partial charge in [0.1, 0.15) is 5.65 Å². The summed E-state index contributed by atoms with van der Waals surface area (Å²) in [6, 6.07) is 13.8. The molecule has 1 aromatic carbocycles. The van der Waals surface area contributed by atoms with Crippen LogP contribution in [0, 0.1) is 5.95 Å². The maximum atomic E-state index is 14.0. The number of amides is 1. The third-order valence-corrected chi connectivity index (χ3v) is 7.14. The maximum absolute atomic E-state index is 14.0. The van der Waals surface area contributed by atoms with Gasteiger partial charge in [-0.05, 0) is 87.9 Å². The smallest absolute Gasteiger partial charge is 0.251 e. The quantitative estimate of drug-likeness (QED) is 0.499. The van der Waals surface area contributed by atoms with Gasteiger partial charge in [-0.3, -0.25) is 9.20 Å². The molecule has 1 saturated heterocycles. The molecule has 1 aliphatic heterocycles. The Kier molecular flexibility index (Phi) is 6.42. The highest BCUT2D eigenvalue weighted by Gasteiger charge is 2.28. The van der Waals surface area contributed by atoms with E-state index in [1.807, 2.05) is 18.2 Å². The Balaban J connectivity index is 1.16. The number of pyridine rings is 1. The third kappa shape index (κ3) is 4.94. The topological polar surface area (TPSA) is 70.5 Å². The van der Waals surface area contributed by atoms with Crippen molar-refractivity contribution in [1.82, 2.24) is 25.3 Å². The standard InChI is InChI=1S/C26H32FN5O/c1-17(23-16-32-24(27)3-2-4-25(32)31-23)29-22-10-9-20(15-22)18-5-7-19(8-6-18)26(33)30-21-11-13-28-14-12-21/h2-8,16-17,20-22,28-29H,9-15H2,1H3,(H,30,33). The summed E-state index contributed by atoms with van der Waals surface area (Å²) in [5, 5.41) is 10.2. The molecule has 3 aromatic rings. The molecule has 0 bridgehead atoms. The van der Waals surface area contributed by atoms with Gasteiger partial charge in [0.2, 0.25) is 0 Å². The fourth-order valence-electron chi connectivity index (χ4n) is 5.22. The van der Waals surface area contributed by atoms with E-state index in [9.17, 15) is 9.18 Å². The number of hydrogen-bond donors (Lipinski definition) is 3. The molecule has 1 saturated carbocycles. The number of rotatable bonds is 6. The molecule has 3 atom stereocenters. The first-order valence-electron chi connectivity index (χ1n) is 12.1. The molecule has 6 nitrogen and oxygen atoms in total. The minimum Gasteiger partial charge on any atom is -0.349 e. The maximum Gasteiger partial charge on any atom is 0.251 e. The van der Waals surface area contributed by atoms with Gasteiger partial charge in [-0.1, -0.05) is 18.2 Å². The summed E-state index contributed by atoms with van der Waals surface area (Å²) in [7, 11) is 0. The number of imidazole rings is 1. The Bertz CT molecular complexity index is 1110. The van der Waals surface area contributed by atoms with Crippen LogP contribution in [0.25, 0.3) is 5.65 Å². The Morgan fingerprint density at radius 2 is 1.88 bits per heavy atom. The molecule has 33 heavy (non-hydrogen) atoms. The van der Waals surface area contributed by atoms with Crippen molar-refractivity contribution in [2.75, 3.05) is 13.1 Å². The van der Waals surface area contributed by atoms with Crippen LogP contribution >= 0.6 is 0 Å². The average Bonchev–Trinajstić information content (AvgIpc) is 3.48. The molecule has 3 N–H and O–H groups in total. The second-order valence-corrected chi connectivity index (χ2v) is 9.46. The summed E-state index contributed by atoms with van der Waals surface area (Å²) in [4.78, 5) is 17.1. The molecule has 1 aliphatic carbocycles. The summed E-state index contributed by atoms with van der Waals surface area (Å²) in [6.45, 7) is 4.02. The Morgan fingerprint density at radius 3 is 2.64 bits per heavy atom. The lowest BCUT2D eigenvalue weighted by atomic mass is 9.96. The molecule has 2 aliphatic rings. The summed E-state index contributed by atoms with van der Waals surface area (Å²) in [5.41, 5.74) is 3.51. The number of nitrogens with zero attached hydrogens (tertiary/aromatic N) is 2. The van der Waals surface area contributed by atoms with E-state index in [2.05, 4.69) is 40.0 Å². The van der Waals surface area contributed by atoms with Crippen LogP contribution in [0.3, 0.4) is 0 Å². The van der Waals surface area contributed by atoms with Gasteiger partial charge in [-0.2, -0.15) is 4.39 Å². The monoisotopic (exact) mass is 449 g/mol. The molecule has 1 amide bonds. The molecular formula is C26H32FN5O. The van der Waals surface area contributed by atoms with Crippen molar-refractivity contribution in [1.29, 1.82) is 0 Å². The van der Waals surface area contributed by atoms with Crippen molar-refractivity contribution in [3.63, 3.8) is 0 Å². The molecule has 2 aromatic heterocycles. The van der Waals surface area contributed by atoms with E-state index >= 15 is 0 Å². The first-order chi connectivity index (χ1) is 16.1. The van der Waals surface area contributed by atoms with E-state index in [0.717, 1.165) is 56.5 Å². The second kappa shape index (κ2) is 9.61. The molecule has 5 rings (SSSR count). The molecule has 2 fully saturated rings. The van der Waals surface area contributed by atoms with E-state index < -0.39 is 0 Å². The summed E-state index contributed by atoms with van der Waals surface area (Å²) in [5.74, 6) is 0.208. The zero-order chi connectivity index (χ0) is 22.8. The van der Waals surface area contributed by atoms with E-state index in [0.29, 0.717) is 17.6 Å². The molecule has 0 radical (unpaired) electrons. The number of piperidine rings is 1. The van der Waals surface area contributed by atoms with Gasteiger partial charge < -0.3 is 16.0 Å². The van der Waals surface area contributed by atoms with Crippen LogP contribution in [0.2, 0.25) is 0 Å². The number of fused-ring (bicyclic) bond motifs is 1. The number of hydrogen-bond acceptors (Lipinski definition) is 4. The van der Waals surface area contributed by atoms with Crippen molar-refractivity contribution in [2.45, 2.75) is 63.1 Å². The van der Waals surface area contributed by atoms with E-state index in [1.165, 1.54) is 16.0 Å². The lowest BCUT2D eigenvalue weighted by Crippen LogP contribution is -2.42. The van der Waals surface area contributed by atoms with Crippen molar-refractivity contribution in [3.8, 4) is 0 Å². The van der Waals surface area contributed by atoms with Gasteiger partial charge in [0.25, 0.3) is 5.91 Å². The third-order valence-electron chi connectivity index (χ3n) is 7.14. The van der Waals surface area contributed by atoms with Crippen molar-refractivity contribution >= 4 is 11.6 Å². The van der Waals surface area contributed by atoms with E-state index in [1.54, 1.807) is 12.3 Å². The Labute approximate surface area is 194 Å². The van der Waals surface area contributed by atoms with Crippen LogP contribution in [0.1, 0.15) is 72.6 Å². The van der Waals surface area contributed by atoms with Crippen molar-refractivity contribution in [3.05, 3.63) is 71.4 Å². The number of nitrogens with one attached hydrogen (secondary N) is 3. The zero-order valence-electron chi connectivity index (χ0n) is 19.1. The minimum absolute atomic E-state index is 0.0251. The molecule has 3 heterocycles. The highest BCUT2D eigenvalue weighted by molar-refractivity contribution is 5.94. The SMILES string of the molecule is CC(NC1CCC(c2ccc(C(=O)NC3CCNCC3)cc2)C1)c1cn2c(F)cccc2n1. The number of carbonyl (C=O) groups is 1. The van der Waals surface area contributed by atoms with Crippen molar-refractivity contribution in [2.24, 2.45) is 0 Å². The predicted octanol–water partition coefficient (Wildman–Crippen LogP) is 3.94. The number of halogens is 1. The first-order valence-corrected chi connectivity index (χ1v) is 12.1. The summed E-state index contributed by atoms with van der Waals surface area (Å²) >= 11 is 0. The van der Waals surface area contributed by atoms with Gasteiger partial charge in [-0.25, -0.2) is 4.98 Å². The van der Waals surface area contributed by atoms with Gasteiger partial charge in [-0.15, -0.1) is 0 Å². The van der Waals surface area contributed by atoms with E-state index in [-0.39, 0.29) is 23.9 Å². The van der Waals surface area contributed by atoms with Crippen LogP contribution < -0.4 is 16.0 Å². The Morgan fingerprint density at radius 1 is 1.09 bits per heavy atom. The van der Waals surface area contributed by atoms with Crippen molar-refractivity contribution < 1.29 is 9.18 Å². The largest absolute Gasteiger partial charge is 0.349 e. The summed E-state index contributed by atoms with van der Waals surface area (Å²) < 4.78 is 15.5. The number of benzene rings is 1. The lowest BCUT2D eigenvalue weighted by molar-refractivity contribution is 0.0929. The number of aromatic nitrogens is 2. The van der Waals surface area contributed by atoms with Crippen LogP contribution in [-0.2, 0) is 0 Å². The fraction of sp³-hybridized carbons (Fsp3) is 0.462. The van der Waals surface area contributed by atoms with Gasteiger partial charge in [0.05, 0.1) is 5.69 Å².